The van der Waals surface area contributed by atoms with Crippen LogP contribution in [0.25, 0.3) is 5.69 Å². The highest BCUT2D eigenvalue weighted by molar-refractivity contribution is 9.10. The van der Waals surface area contributed by atoms with Crippen LogP contribution in [0.4, 0.5) is 0 Å². The highest BCUT2D eigenvalue weighted by atomic mass is 79.9. The predicted octanol–water partition coefficient (Wildman–Crippen LogP) is 2.54. The highest BCUT2D eigenvalue weighted by Gasteiger charge is 2.16. The van der Waals surface area contributed by atoms with E-state index in [4.69, 9.17) is 0 Å². The van der Waals surface area contributed by atoms with Crippen LogP contribution in [0.5, 0.6) is 0 Å². The van der Waals surface area contributed by atoms with Gasteiger partial charge in [0.1, 0.15) is 0 Å². The summed E-state index contributed by atoms with van der Waals surface area (Å²) in [5.74, 6) is 0.163. The Morgan fingerprint density at radius 2 is 1.94 bits per heavy atom. The zero-order valence-corrected chi connectivity index (χ0v) is 11.9. The van der Waals surface area contributed by atoms with Crippen molar-refractivity contribution in [1.29, 1.82) is 0 Å². The van der Waals surface area contributed by atoms with Crippen LogP contribution in [0.1, 0.15) is 31.0 Å². The predicted molar refractivity (Wildman–Crippen MR) is 74.1 cm³/mol. The SMILES string of the molecule is CC(C)c1[nH]n(-c2ccc(Br)cc2)c(=O)c1CO. The molecule has 1 heterocycles. The molecule has 1 aromatic carbocycles. The molecule has 2 N–H and O–H groups in total. The minimum atomic E-state index is -0.244. The van der Waals surface area contributed by atoms with E-state index in [9.17, 15) is 9.90 Å². The quantitative estimate of drug-likeness (QED) is 0.915. The molecule has 0 atom stereocenters. The first-order valence-electron chi connectivity index (χ1n) is 5.75. The van der Waals surface area contributed by atoms with E-state index in [0.717, 1.165) is 15.9 Å². The fourth-order valence-electron chi connectivity index (χ4n) is 1.89. The van der Waals surface area contributed by atoms with Gasteiger partial charge in [-0.1, -0.05) is 29.8 Å². The van der Waals surface area contributed by atoms with Gasteiger partial charge in [-0.25, -0.2) is 4.68 Å². The molecule has 4 nitrogen and oxygen atoms in total. The standard InChI is InChI=1S/C13H15BrN2O2/c1-8(2)12-11(7-17)13(18)16(15-12)10-5-3-9(14)4-6-10/h3-6,8,15,17H,7H2,1-2H3. The molecule has 0 bridgehead atoms. The molecule has 18 heavy (non-hydrogen) atoms. The Bertz CT molecular complexity index is 596. The van der Waals surface area contributed by atoms with Crippen LogP contribution in [0.3, 0.4) is 0 Å². The van der Waals surface area contributed by atoms with Gasteiger partial charge in [0.2, 0.25) is 0 Å². The third-order valence-corrected chi connectivity index (χ3v) is 3.37. The van der Waals surface area contributed by atoms with Crippen molar-refractivity contribution >= 4 is 15.9 Å². The number of halogens is 1. The van der Waals surface area contributed by atoms with Gasteiger partial charge in [-0.2, -0.15) is 0 Å². The van der Waals surface area contributed by atoms with Gasteiger partial charge in [0, 0.05) is 10.2 Å². The average molecular weight is 311 g/mol. The molecule has 1 aromatic heterocycles. The maximum atomic E-state index is 12.2. The van der Waals surface area contributed by atoms with Crippen molar-refractivity contribution < 1.29 is 5.11 Å². The number of hydrogen-bond acceptors (Lipinski definition) is 2. The lowest BCUT2D eigenvalue weighted by molar-refractivity contribution is 0.279. The van der Waals surface area contributed by atoms with Gasteiger partial charge in [-0.3, -0.25) is 9.89 Å². The van der Waals surface area contributed by atoms with Crippen molar-refractivity contribution in [2.24, 2.45) is 0 Å². The van der Waals surface area contributed by atoms with Crippen molar-refractivity contribution in [3.63, 3.8) is 0 Å². The van der Waals surface area contributed by atoms with Crippen LogP contribution in [0, 0.1) is 0 Å². The summed E-state index contributed by atoms with van der Waals surface area (Å²) in [5.41, 5.74) is 1.78. The summed E-state index contributed by atoms with van der Waals surface area (Å²) < 4.78 is 2.42. The number of aliphatic hydroxyl groups is 1. The summed E-state index contributed by atoms with van der Waals surface area (Å²) in [7, 11) is 0. The third-order valence-electron chi connectivity index (χ3n) is 2.84. The summed E-state index contributed by atoms with van der Waals surface area (Å²) in [6, 6.07) is 7.42. The molecule has 2 rings (SSSR count). The Morgan fingerprint density at radius 1 is 1.33 bits per heavy atom. The maximum absolute atomic E-state index is 12.2. The van der Waals surface area contributed by atoms with E-state index in [0.29, 0.717) is 5.56 Å². The van der Waals surface area contributed by atoms with E-state index < -0.39 is 0 Å². The number of rotatable bonds is 3. The van der Waals surface area contributed by atoms with Crippen LogP contribution >= 0.6 is 15.9 Å². The molecule has 0 saturated carbocycles. The lowest BCUT2D eigenvalue weighted by Crippen LogP contribution is -2.17. The minimum Gasteiger partial charge on any atom is -0.391 e. The van der Waals surface area contributed by atoms with E-state index in [2.05, 4.69) is 21.0 Å². The van der Waals surface area contributed by atoms with Crippen molar-refractivity contribution in [3.8, 4) is 5.69 Å². The summed E-state index contributed by atoms with van der Waals surface area (Å²) in [6.45, 7) is 3.72. The molecule has 0 aliphatic rings. The summed E-state index contributed by atoms with van der Waals surface area (Å²) in [4.78, 5) is 12.2. The fourth-order valence-corrected chi connectivity index (χ4v) is 2.16. The topological polar surface area (TPSA) is 58.0 Å². The second-order valence-corrected chi connectivity index (χ2v) is 5.35. The summed E-state index contributed by atoms with van der Waals surface area (Å²) in [5, 5.41) is 12.4. The maximum Gasteiger partial charge on any atom is 0.277 e. The molecular formula is C13H15BrN2O2. The number of nitrogens with zero attached hydrogens (tertiary/aromatic N) is 1. The zero-order valence-electron chi connectivity index (χ0n) is 10.3. The highest BCUT2D eigenvalue weighted by Crippen LogP contribution is 2.17. The Hall–Kier alpha value is -1.33. The van der Waals surface area contributed by atoms with Gasteiger partial charge < -0.3 is 5.11 Å². The number of benzene rings is 1. The van der Waals surface area contributed by atoms with E-state index in [1.807, 2.05) is 38.1 Å². The number of aromatic amines is 1. The van der Waals surface area contributed by atoms with E-state index in [1.165, 1.54) is 4.68 Å². The minimum absolute atomic E-state index is 0.163. The molecule has 0 aliphatic carbocycles. The zero-order chi connectivity index (χ0) is 13.3. The van der Waals surface area contributed by atoms with E-state index >= 15 is 0 Å². The average Bonchev–Trinajstić information content (AvgIpc) is 2.67. The van der Waals surface area contributed by atoms with Gasteiger partial charge >= 0.3 is 0 Å². The Kier molecular flexibility index (Phi) is 3.73. The number of H-pyrrole nitrogens is 1. The third kappa shape index (κ3) is 2.28. The molecule has 0 amide bonds. The number of aromatic nitrogens is 2. The molecule has 0 saturated heterocycles. The van der Waals surface area contributed by atoms with Crippen LogP contribution in [0.2, 0.25) is 0 Å². The number of aliphatic hydroxyl groups excluding tert-OH is 1. The first-order chi connectivity index (χ1) is 8.54. The van der Waals surface area contributed by atoms with E-state index in [1.54, 1.807) is 0 Å². The molecule has 2 aromatic rings. The first kappa shape index (κ1) is 13.1. The van der Waals surface area contributed by atoms with Gasteiger partial charge in [0.25, 0.3) is 5.56 Å². The normalized spacial score (nSPS) is 11.2. The Labute approximate surface area is 113 Å². The monoisotopic (exact) mass is 310 g/mol. The lowest BCUT2D eigenvalue weighted by Gasteiger charge is -2.04. The van der Waals surface area contributed by atoms with Crippen molar-refractivity contribution in [3.05, 3.63) is 50.3 Å². The van der Waals surface area contributed by atoms with Crippen LogP contribution in [-0.2, 0) is 6.61 Å². The fraction of sp³-hybridized carbons (Fsp3) is 0.308. The van der Waals surface area contributed by atoms with Crippen molar-refractivity contribution in [1.82, 2.24) is 9.78 Å². The Morgan fingerprint density at radius 3 is 2.39 bits per heavy atom. The van der Waals surface area contributed by atoms with Gasteiger partial charge in [0.05, 0.1) is 17.9 Å². The van der Waals surface area contributed by atoms with Gasteiger partial charge in [-0.15, -0.1) is 0 Å². The lowest BCUT2D eigenvalue weighted by atomic mass is 10.1. The largest absolute Gasteiger partial charge is 0.391 e. The van der Waals surface area contributed by atoms with Gasteiger partial charge in [0.15, 0.2) is 0 Å². The summed E-state index contributed by atoms with van der Waals surface area (Å²) >= 11 is 3.36. The second-order valence-electron chi connectivity index (χ2n) is 4.43. The molecule has 0 fully saturated rings. The molecule has 5 heteroatoms. The van der Waals surface area contributed by atoms with Crippen LogP contribution in [0.15, 0.2) is 33.5 Å². The van der Waals surface area contributed by atoms with Crippen molar-refractivity contribution in [2.75, 3.05) is 0 Å². The Balaban J connectivity index is 2.59. The molecule has 0 unspecified atom stereocenters. The molecular weight excluding hydrogens is 296 g/mol. The van der Waals surface area contributed by atoms with Crippen LogP contribution < -0.4 is 5.56 Å². The first-order valence-corrected chi connectivity index (χ1v) is 6.54. The van der Waals surface area contributed by atoms with Gasteiger partial charge in [-0.05, 0) is 30.2 Å². The molecule has 0 spiro atoms. The van der Waals surface area contributed by atoms with Crippen LogP contribution in [-0.4, -0.2) is 14.9 Å². The second kappa shape index (κ2) is 5.12. The van der Waals surface area contributed by atoms with Crippen molar-refractivity contribution in [2.45, 2.75) is 26.4 Å². The van der Waals surface area contributed by atoms with E-state index in [-0.39, 0.29) is 18.1 Å². The number of nitrogens with one attached hydrogen (secondary N) is 1. The smallest absolute Gasteiger partial charge is 0.277 e. The molecule has 0 radical (unpaired) electrons. The summed E-state index contributed by atoms with van der Waals surface area (Å²) in [6.07, 6.45) is 0. The molecule has 96 valence electrons. The number of hydrogen-bond donors (Lipinski definition) is 2. The molecule has 0 aliphatic heterocycles.